The molecule has 1 aromatic carbocycles. The summed E-state index contributed by atoms with van der Waals surface area (Å²) in [7, 11) is 0. The highest BCUT2D eigenvalue weighted by molar-refractivity contribution is 7.98. The van der Waals surface area contributed by atoms with E-state index in [-0.39, 0.29) is 12.2 Å². The lowest BCUT2D eigenvalue weighted by atomic mass is 10.3. The second-order valence-electron chi connectivity index (χ2n) is 3.61. The molecule has 0 radical (unpaired) electrons. The van der Waals surface area contributed by atoms with Gasteiger partial charge in [-0.1, -0.05) is 18.2 Å². The quantitative estimate of drug-likeness (QED) is 0.680. The van der Waals surface area contributed by atoms with Crippen LogP contribution >= 0.6 is 11.8 Å². The fourth-order valence-corrected chi connectivity index (χ4v) is 2.02. The maximum atomic E-state index is 11.7. The number of hydrogen-bond donors (Lipinski definition) is 1. The number of rotatable bonds is 4. The van der Waals surface area contributed by atoms with Gasteiger partial charge in [-0.05, 0) is 18.4 Å². The molecule has 0 fully saturated rings. The Kier molecular flexibility index (Phi) is 4.21. The zero-order chi connectivity index (χ0) is 13.7. The largest absolute Gasteiger partial charge is 0.486 e. The molecule has 19 heavy (non-hydrogen) atoms. The average molecular weight is 273 g/mol. The van der Waals surface area contributed by atoms with E-state index in [9.17, 15) is 4.79 Å². The maximum Gasteiger partial charge on any atom is 0.270 e. The molecule has 1 aromatic heterocycles. The molecule has 0 amide bonds. The molecule has 96 valence electrons. The molecule has 2 aromatic rings. The van der Waals surface area contributed by atoms with Crippen molar-refractivity contribution in [1.82, 2.24) is 9.97 Å². The van der Waals surface area contributed by atoms with Gasteiger partial charge in [0.1, 0.15) is 34.8 Å². The van der Waals surface area contributed by atoms with Gasteiger partial charge in [-0.2, -0.15) is 5.26 Å². The maximum absolute atomic E-state index is 11.7. The van der Waals surface area contributed by atoms with Gasteiger partial charge < -0.3 is 9.72 Å². The summed E-state index contributed by atoms with van der Waals surface area (Å²) in [5.41, 5.74) is -0.399. The number of thioether (sulfide) groups is 1. The third-order valence-electron chi connectivity index (χ3n) is 2.36. The molecule has 1 heterocycles. The molecule has 6 heteroatoms. The Morgan fingerprint density at radius 1 is 1.42 bits per heavy atom. The van der Waals surface area contributed by atoms with Crippen molar-refractivity contribution in [2.45, 2.75) is 11.6 Å². The first-order valence-electron chi connectivity index (χ1n) is 5.49. The lowest BCUT2D eigenvalue weighted by molar-refractivity contribution is 0.294. The molecular formula is C13H11N3O2S. The van der Waals surface area contributed by atoms with Crippen LogP contribution in [0.2, 0.25) is 0 Å². The van der Waals surface area contributed by atoms with Crippen LogP contribution < -0.4 is 10.3 Å². The van der Waals surface area contributed by atoms with E-state index in [0.29, 0.717) is 16.6 Å². The van der Waals surface area contributed by atoms with Gasteiger partial charge in [0.05, 0.1) is 0 Å². The number of nitriles is 1. The molecule has 0 unspecified atom stereocenters. The number of nitrogens with one attached hydrogen (secondary N) is 1. The van der Waals surface area contributed by atoms with Crippen molar-refractivity contribution in [3.8, 4) is 11.8 Å². The van der Waals surface area contributed by atoms with Gasteiger partial charge in [-0.25, -0.2) is 4.98 Å². The Hall–Kier alpha value is -2.26. The van der Waals surface area contributed by atoms with Crippen molar-refractivity contribution in [2.24, 2.45) is 0 Å². The molecule has 2 rings (SSSR count). The van der Waals surface area contributed by atoms with Crippen molar-refractivity contribution in [3.63, 3.8) is 0 Å². The average Bonchev–Trinajstić information content (AvgIpc) is 2.45. The normalized spacial score (nSPS) is 9.89. The topological polar surface area (TPSA) is 78.8 Å². The third kappa shape index (κ3) is 3.14. The number of ether oxygens (including phenoxy) is 1. The Morgan fingerprint density at radius 2 is 2.16 bits per heavy atom. The zero-order valence-electron chi connectivity index (χ0n) is 10.2. The van der Waals surface area contributed by atoms with Crippen molar-refractivity contribution < 1.29 is 4.74 Å². The minimum absolute atomic E-state index is 0.0379. The van der Waals surface area contributed by atoms with Crippen LogP contribution in [0.15, 0.2) is 40.2 Å². The van der Waals surface area contributed by atoms with Crippen molar-refractivity contribution in [2.75, 3.05) is 6.26 Å². The molecule has 0 saturated heterocycles. The van der Waals surface area contributed by atoms with Gasteiger partial charge in [0.15, 0.2) is 0 Å². The number of aromatic amines is 1. The van der Waals surface area contributed by atoms with E-state index < -0.39 is 5.56 Å². The fourth-order valence-electron chi connectivity index (χ4n) is 1.48. The van der Waals surface area contributed by atoms with Crippen molar-refractivity contribution in [1.29, 1.82) is 5.26 Å². The monoisotopic (exact) mass is 273 g/mol. The fraction of sp³-hybridized carbons (Fsp3) is 0.154. The van der Waals surface area contributed by atoms with Crippen molar-refractivity contribution >= 4 is 11.8 Å². The SMILES string of the molecule is CSc1nc(COc2ccccc2)[nH]c(=O)c1C#N. The summed E-state index contributed by atoms with van der Waals surface area (Å²) in [5, 5.41) is 9.29. The molecule has 0 aliphatic carbocycles. The number of hydrogen-bond acceptors (Lipinski definition) is 5. The number of benzene rings is 1. The third-order valence-corrected chi connectivity index (χ3v) is 3.04. The van der Waals surface area contributed by atoms with Gasteiger partial charge in [-0.3, -0.25) is 4.79 Å². The number of nitrogens with zero attached hydrogens (tertiary/aromatic N) is 2. The molecule has 0 spiro atoms. The lowest BCUT2D eigenvalue weighted by Crippen LogP contribution is -2.17. The number of H-pyrrole nitrogens is 1. The van der Waals surface area contributed by atoms with Gasteiger partial charge in [0, 0.05) is 0 Å². The van der Waals surface area contributed by atoms with E-state index in [1.54, 1.807) is 6.26 Å². The Bertz CT molecular complexity index is 662. The van der Waals surface area contributed by atoms with Crippen LogP contribution in [0, 0.1) is 11.3 Å². The highest BCUT2D eigenvalue weighted by Gasteiger charge is 2.10. The van der Waals surface area contributed by atoms with E-state index in [0.717, 1.165) is 0 Å². The summed E-state index contributed by atoms with van der Waals surface area (Å²) in [6.45, 7) is 0.151. The predicted molar refractivity (Wildman–Crippen MR) is 72.1 cm³/mol. The number of aromatic nitrogens is 2. The van der Waals surface area contributed by atoms with Gasteiger partial charge in [-0.15, -0.1) is 11.8 Å². The van der Waals surface area contributed by atoms with Crippen LogP contribution in [-0.4, -0.2) is 16.2 Å². The Balaban J connectivity index is 2.21. The standard InChI is InChI=1S/C13H11N3O2S/c1-19-13-10(7-14)12(17)15-11(16-13)8-18-9-5-3-2-4-6-9/h2-6H,8H2,1H3,(H,15,16,17). The Morgan fingerprint density at radius 3 is 2.79 bits per heavy atom. The number of para-hydroxylation sites is 1. The van der Waals surface area contributed by atoms with Crippen LogP contribution in [0.5, 0.6) is 5.75 Å². The molecule has 0 bridgehead atoms. The minimum Gasteiger partial charge on any atom is -0.486 e. The molecule has 0 saturated carbocycles. The van der Waals surface area contributed by atoms with Crippen molar-refractivity contribution in [3.05, 3.63) is 52.1 Å². The van der Waals surface area contributed by atoms with Crippen LogP contribution in [-0.2, 0) is 6.61 Å². The molecule has 1 N–H and O–H groups in total. The molecule has 0 aliphatic rings. The summed E-state index contributed by atoms with van der Waals surface area (Å²) in [6.07, 6.45) is 1.77. The first-order chi connectivity index (χ1) is 9.24. The molecule has 0 aliphatic heterocycles. The van der Waals surface area contributed by atoms with Gasteiger partial charge >= 0.3 is 0 Å². The van der Waals surface area contributed by atoms with Crippen LogP contribution in [0.1, 0.15) is 11.4 Å². The first-order valence-corrected chi connectivity index (χ1v) is 6.72. The minimum atomic E-state index is -0.437. The zero-order valence-corrected chi connectivity index (χ0v) is 11.0. The van der Waals surface area contributed by atoms with Crippen LogP contribution in [0.3, 0.4) is 0 Å². The Labute approximate surface area is 114 Å². The second kappa shape index (κ2) is 6.07. The van der Waals surface area contributed by atoms with E-state index in [4.69, 9.17) is 10.00 Å². The summed E-state index contributed by atoms with van der Waals surface area (Å²) in [6, 6.07) is 11.1. The van der Waals surface area contributed by atoms with Crippen LogP contribution in [0.4, 0.5) is 0 Å². The van der Waals surface area contributed by atoms with Gasteiger partial charge in [0.2, 0.25) is 0 Å². The van der Waals surface area contributed by atoms with E-state index >= 15 is 0 Å². The predicted octanol–water partition coefficient (Wildman–Crippen LogP) is 1.94. The summed E-state index contributed by atoms with van der Waals surface area (Å²) in [4.78, 5) is 18.4. The lowest BCUT2D eigenvalue weighted by Gasteiger charge is -2.06. The summed E-state index contributed by atoms with van der Waals surface area (Å²) < 4.78 is 5.50. The van der Waals surface area contributed by atoms with E-state index in [2.05, 4.69) is 9.97 Å². The highest BCUT2D eigenvalue weighted by atomic mass is 32.2. The highest BCUT2D eigenvalue weighted by Crippen LogP contribution is 2.14. The van der Waals surface area contributed by atoms with Gasteiger partial charge in [0.25, 0.3) is 5.56 Å². The van der Waals surface area contributed by atoms with E-state index in [1.165, 1.54) is 11.8 Å². The molecule has 0 atom stereocenters. The first kappa shape index (κ1) is 13.2. The van der Waals surface area contributed by atoms with Crippen LogP contribution in [0.25, 0.3) is 0 Å². The summed E-state index contributed by atoms with van der Waals surface area (Å²) in [5.74, 6) is 1.09. The van der Waals surface area contributed by atoms with E-state index in [1.807, 2.05) is 36.4 Å². The second-order valence-corrected chi connectivity index (χ2v) is 4.41. The smallest absolute Gasteiger partial charge is 0.270 e. The molecular weight excluding hydrogens is 262 g/mol. The molecule has 5 nitrogen and oxygen atoms in total. The summed E-state index contributed by atoms with van der Waals surface area (Å²) >= 11 is 1.26.